The first-order chi connectivity index (χ1) is 14.0. The second-order valence-corrected chi connectivity index (χ2v) is 8.66. The fourth-order valence-electron chi connectivity index (χ4n) is 3.29. The molecule has 2 aromatic rings. The van der Waals surface area contributed by atoms with Crippen molar-refractivity contribution in [3.63, 3.8) is 0 Å². The lowest BCUT2D eigenvalue weighted by molar-refractivity contribution is -0.134. The molecule has 1 aliphatic rings. The molecule has 156 valence electrons. The number of hydrogen-bond donors (Lipinski definition) is 1. The molecule has 1 heterocycles. The number of benzene rings is 2. The number of hydrogen-bond acceptors (Lipinski definition) is 5. The van der Waals surface area contributed by atoms with Crippen LogP contribution in [-0.2, 0) is 14.8 Å². The normalized spacial score (nSPS) is 15.1. The van der Waals surface area contributed by atoms with Gasteiger partial charge in [-0.15, -0.1) is 0 Å². The van der Waals surface area contributed by atoms with Gasteiger partial charge in [0.15, 0.2) is 6.61 Å². The predicted molar refractivity (Wildman–Crippen MR) is 109 cm³/mol. The number of methoxy groups -OCH3 is 1. The average molecular weight is 419 g/mol. The number of piperidine rings is 1. The molecule has 3 rings (SSSR count). The minimum atomic E-state index is -3.65. The van der Waals surface area contributed by atoms with Gasteiger partial charge in [-0.1, -0.05) is 30.3 Å². The van der Waals surface area contributed by atoms with Crippen LogP contribution in [0.15, 0.2) is 59.5 Å². The molecule has 1 N–H and O–H groups in total. The van der Waals surface area contributed by atoms with Gasteiger partial charge in [-0.3, -0.25) is 4.79 Å². The fourth-order valence-corrected chi connectivity index (χ4v) is 4.57. The Labute approximate surface area is 171 Å². The average Bonchev–Trinajstić information content (AvgIpc) is 2.77. The number of nitrogens with one attached hydrogen (secondary N) is 1. The van der Waals surface area contributed by atoms with Gasteiger partial charge < -0.3 is 14.4 Å². The van der Waals surface area contributed by atoms with Crippen LogP contribution in [0, 0.1) is 5.92 Å². The van der Waals surface area contributed by atoms with Crippen molar-refractivity contribution < 1.29 is 22.7 Å². The standard InChI is InChI=1S/C21H26N2O5S/c1-27-19-9-5-6-10-20(19)29(25,26)22-15-17-11-13-23(14-12-17)21(24)16-28-18-7-3-2-4-8-18/h2-10,17,22H,11-16H2,1H3. The summed E-state index contributed by atoms with van der Waals surface area (Å²) in [5, 5.41) is 0. The summed E-state index contributed by atoms with van der Waals surface area (Å²) in [4.78, 5) is 14.2. The minimum absolute atomic E-state index is 0.00904. The molecule has 29 heavy (non-hydrogen) atoms. The van der Waals surface area contributed by atoms with Gasteiger partial charge in [0.25, 0.3) is 5.91 Å². The first-order valence-corrected chi connectivity index (χ1v) is 11.1. The lowest BCUT2D eigenvalue weighted by Crippen LogP contribution is -2.43. The molecule has 0 unspecified atom stereocenters. The molecule has 0 aliphatic carbocycles. The summed E-state index contributed by atoms with van der Waals surface area (Å²) in [6.45, 7) is 1.54. The van der Waals surface area contributed by atoms with E-state index in [0.29, 0.717) is 31.1 Å². The molecule has 8 heteroatoms. The van der Waals surface area contributed by atoms with Gasteiger partial charge in [0.1, 0.15) is 16.4 Å². The SMILES string of the molecule is COc1ccccc1S(=O)(=O)NCC1CCN(C(=O)COc2ccccc2)CC1. The zero-order valence-electron chi connectivity index (χ0n) is 16.4. The van der Waals surface area contributed by atoms with E-state index in [-0.39, 0.29) is 23.3 Å². The van der Waals surface area contributed by atoms with Crippen LogP contribution in [0.4, 0.5) is 0 Å². The third-order valence-electron chi connectivity index (χ3n) is 4.99. The molecule has 0 aromatic heterocycles. The molecule has 7 nitrogen and oxygen atoms in total. The molecule has 0 radical (unpaired) electrons. The quantitative estimate of drug-likeness (QED) is 0.711. The van der Waals surface area contributed by atoms with E-state index < -0.39 is 10.0 Å². The van der Waals surface area contributed by atoms with Gasteiger partial charge in [-0.2, -0.15) is 0 Å². The lowest BCUT2D eigenvalue weighted by atomic mass is 9.97. The van der Waals surface area contributed by atoms with Gasteiger partial charge in [0, 0.05) is 19.6 Å². The first-order valence-electron chi connectivity index (χ1n) is 9.58. The van der Waals surface area contributed by atoms with Gasteiger partial charge >= 0.3 is 0 Å². The van der Waals surface area contributed by atoms with Crippen molar-refractivity contribution in [2.24, 2.45) is 5.92 Å². The Morgan fingerprint density at radius 1 is 1.07 bits per heavy atom. The Kier molecular flexibility index (Phi) is 7.11. The van der Waals surface area contributed by atoms with Gasteiger partial charge in [0.05, 0.1) is 7.11 Å². The third-order valence-corrected chi connectivity index (χ3v) is 6.46. The minimum Gasteiger partial charge on any atom is -0.495 e. The molecule has 0 spiro atoms. The van der Waals surface area contributed by atoms with E-state index in [1.54, 1.807) is 23.1 Å². The van der Waals surface area contributed by atoms with E-state index in [0.717, 1.165) is 12.8 Å². The highest BCUT2D eigenvalue weighted by Crippen LogP contribution is 2.23. The van der Waals surface area contributed by atoms with Crippen molar-refractivity contribution in [1.82, 2.24) is 9.62 Å². The summed E-state index contributed by atoms with van der Waals surface area (Å²) in [7, 11) is -2.20. The zero-order chi connectivity index (χ0) is 20.7. The lowest BCUT2D eigenvalue weighted by Gasteiger charge is -2.32. The van der Waals surface area contributed by atoms with Crippen molar-refractivity contribution in [3.8, 4) is 11.5 Å². The maximum absolute atomic E-state index is 12.6. The summed E-state index contributed by atoms with van der Waals surface area (Å²) in [5.74, 6) is 1.11. The summed E-state index contributed by atoms with van der Waals surface area (Å²) in [6, 6.07) is 15.8. The van der Waals surface area contributed by atoms with Crippen LogP contribution < -0.4 is 14.2 Å². The highest BCUT2D eigenvalue weighted by Gasteiger charge is 2.25. The Bertz CT molecular complexity index is 910. The molecule has 0 saturated carbocycles. The largest absolute Gasteiger partial charge is 0.495 e. The summed E-state index contributed by atoms with van der Waals surface area (Å²) >= 11 is 0. The van der Waals surface area contributed by atoms with Crippen LogP contribution in [0.3, 0.4) is 0 Å². The van der Waals surface area contributed by atoms with Gasteiger partial charge in [-0.05, 0) is 43.0 Å². The number of rotatable bonds is 8. The highest BCUT2D eigenvalue weighted by atomic mass is 32.2. The van der Waals surface area contributed by atoms with E-state index in [9.17, 15) is 13.2 Å². The van der Waals surface area contributed by atoms with Crippen LogP contribution >= 0.6 is 0 Å². The molecule has 0 bridgehead atoms. The Balaban J connectivity index is 1.45. The predicted octanol–water partition coefficient (Wildman–Crippen LogP) is 2.29. The zero-order valence-corrected chi connectivity index (χ0v) is 17.2. The molecule has 1 amide bonds. The first kappa shape index (κ1) is 21.1. The number of para-hydroxylation sites is 2. The van der Waals surface area contributed by atoms with Gasteiger partial charge in [-0.25, -0.2) is 13.1 Å². The van der Waals surface area contributed by atoms with E-state index in [1.165, 1.54) is 13.2 Å². The van der Waals surface area contributed by atoms with Crippen LogP contribution in [0.5, 0.6) is 11.5 Å². The van der Waals surface area contributed by atoms with E-state index in [4.69, 9.17) is 9.47 Å². The van der Waals surface area contributed by atoms with Crippen molar-refractivity contribution >= 4 is 15.9 Å². The number of nitrogens with zero attached hydrogens (tertiary/aromatic N) is 1. The Hall–Kier alpha value is -2.58. The third kappa shape index (κ3) is 5.71. The van der Waals surface area contributed by atoms with E-state index >= 15 is 0 Å². The number of carbonyl (C=O) groups excluding carboxylic acids is 1. The van der Waals surface area contributed by atoms with Crippen LogP contribution in [0.25, 0.3) is 0 Å². The Morgan fingerprint density at radius 3 is 2.41 bits per heavy atom. The molecular formula is C21H26N2O5S. The van der Waals surface area contributed by atoms with Crippen molar-refractivity contribution in [3.05, 3.63) is 54.6 Å². The molecule has 2 aromatic carbocycles. The van der Waals surface area contributed by atoms with Crippen LogP contribution in [0.2, 0.25) is 0 Å². The summed E-state index contributed by atoms with van der Waals surface area (Å²) < 4.78 is 38.5. The number of ether oxygens (including phenoxy) is 2. The fraction of sp³-hybridized carbons (Fsp3) is 0.381. The second kappa shape index (κ2) is 9.76. The van der Waals surface area contributed by atoms with E-state index in [2.05, 4.69) is 4.72 Å². The monoisotopic (exact) mass is 418 g/mol. The summed E-state index contributed by atoms with van der Waals surface area (Å²) in [6.07, 6.45) is 1.48. The van der Waals surface area contributed by atoms with Crippen molar-refractivity contribution in [1.29, 1.82) is 0 Å². The number of carbonyl (C=O) groups is 1. The number of likely N-dealkylation sites (tertiary alicyclic amines) is 1. The van der Waals surface area contributed by atoms with Crippen molar-refractivity contribution in [2.75, 3.05) is 33.4 Å². The molecule has 1 saturated heterocycles. The molecular weight excluding hydrogens is 392 g/mol. The number of amides is 1. The van der Waals surface area contributed by atoms with Crippen LogP contribution in [-0.4, -0.2) is 52.6 Å². The van der Waals surface area contributed by atoms with Crippen LogP contribution in [0.1, 0.15) is 12.8 Å². The van der Waals surface area contributed by atoms with E-state index in [1.807, 2.05) is 30.3 Å². The number of sulfonamides is 1. The maximum atomic E-state index is 12.6. The molecule has 1 aliphatic heterocycles. The Morgan fingerprint density at radius 2 is 1.72 bits per heavy atom. The smallest absolute Gasteiger partial charge is 0.260 e. The second-order valence-electron chi connectivity index (χ2n) is 6.93. The maximum Gasteiger partial charge on any atom is 0.260 e. The summed E-state index contributed by atoms with van der Waals surface area (Å²) in [5.41, 5.74) is 0. The topological polar surface area (TPSA) is 84.9 Å². The molecule has 0 atom stereocenters. The van der Waals surface area contributed by atoms with Crippen molar-refractivity contribution in [2.45, 2.75) is 17.7 Å². The molecule has 1 fully saturated rings. The van der Waals surface area contributed by atoms with Gasteiger partial charge in [0.2, 0.25) is 10.0 Å². The highest BCUT2D eigenvalue weighted by molar-refractivity contribution is 7.89.